The third-order valence-corrected chi connectivity index (χ3v) is 3.62. The number of nitrogens with zero attached hydrogens (tertiary/aromatic N) is 2. The Bertz CT molecular complexity index is 527. The van der Waals surface area contributed by atoms with Crippen molar-refractivity contribution in [1.29, 1.82) is 0 Å². The van der Waals surface area contributed by atoms with Gasteiger partial charge in [0.05, 0.1) is 23.9 Å². The molecule has 0 amide bonds. The van der Waals surface area contributed by atoms with Gasteiger partial charge in [0, 0.05) is 30.0 Å². The summed E-state index contributed by atoms with van der Waals surface area (Å²) < 4.78 is 5.19. The van der Waals surface area contributed by atoms with Gasteiger partial charge in [0.2, 0.25) is 0 Å². The fourth-order valence-electron chi connectivity index (χ4n) is 2.44. The SMILES string of the molecule is CCCNC(CCC(N)c1nccnc1C)c1ccoc1. The summed E-state index contributed by atoms with van der Waals surface area (Å²) in [4.78, 5) is 8.61. The highest BCUT2D eigenvalue weighted by Gasteiger charge is 2.16. The van der Waals surface area contributed by atoms with Crippen molar-refractivity contribution in [1.82, 2.24) is 15.3 Å². The van der Waals surface area contributed by atoms with Crippen molar-refractivity contribution in [2.75, 3.05) is 6.54 Å². The molecule has 0 aliphatic rings. The average molecular weight is 288 g/mol. The van der Waals surface area contributed by atoms with Crippen molar-refractivity contribution in [3.8, 4) is 0 Å². The van der Waals surface area contributed by atoms with Crippen LogP contribution in [-0.4, -0.2) is 16.5 Å². The van der Waals surface area contributed by atoms with Gasteiger partial charge in [0.25, 0.3) is 0 Å². The first-order valence-electron chi connectivity index (χ1n) is 7.51. The van der Waals surface area contributed by atoms with Gasteiger partial charge >= 0.3 is 0 Å². The van der Waals surface area contributed by atoms with Crippen LogP contribution in [0.1, 0.15) is 55.2 Å². The smallest absolute Gasteiger partial charge is 0.0950 e. The lowest BCUT2D eigenvalue weighted by Crippen LogP contribution is -2.24. The summed E-state index contributed by atoms with van der Waals surface area (Å²) in [7, 11) is 0. The third kappa shape index (κ3) is 4.37. The van der Waals surface area contributed by atoms with E-state index < -0.39 is 0 Å². The Morgan fingerprint density at radius 2 is 2.10 bits per heavy atom. The maximum atomic E-state index is 6.27. The molecule has 3 N–H and O–H groups in total. The van der Waals surface area contributed by atoms with Crippen LogP contribution in [0.5, 0.6) is 0 Å². The fourth-order valence-corrected chi connectivity index (χ4v) is 2.44. The molecule has 0 aromatic carbocycles. The van der Waals surface area contributed by atoms with Crippen LogP contribution >= 0.6 is 0 Å². The standard InChI is InChI=1S/C16H24N4O/c1-3-7-19-15(13-6-10-21-11-13)5-4-14(17)16-12(2)18-8-9-20-16/h6,8-11,14-15,19H,3-5,7,17H2,1-2H3. The Balaban J connectivity index is 1.96. The molecule has 0 radical (unpaired) electrons. The maximum Gasteiger partial charge on any atom is 0.0950 e. The number of furan rings is 1. The molecule has 2 rings (SSSR count). The van der Waals surface area contributed by atoms with Gasteiger partial charge in [-0.2, -0.15) is 0 Å². The zero-order valence-electron chi connectivity index (χ0n) is 12.7. The van der Waals surface area contributed by atoms with Gasteiger partial charge in [-0.1, -0.05) is 6.92 Å². The van der Waals surface area contributed by atoms with Crippen LogP contribution in [0.3, 0.4) is 0 Å². The Hall–Kier alpha value is -1.72. The zero-order valence-corrected chi connectivity index (χ0v) is 12.7. The fraction of sp³-hybridized carbons (Fsp3) is 0.500. The Labute approximate surface area is 126 Å². The van der Waals surface area contributed by atoms with Crippen LogP contribution in [0.2, 0.25) is 0 Å². The topological polar surface area (TPSA) is 77.0 Å². The van der Waals surface area contributed by atoms with Crippen LogP contribution in [0.25, 0.3) is 0 Å². The van der Waals surface area contributed by atoms with E-state index in [0.29, 0.717) is 0 Å². The highest BCUT2D eigenvalue weighted by molar-refractivity contribution is 5.14. The molecule has 2 atom stereocenters. The lowest BCUT2D eigenvalue weighted by atomic mass is 9.99. The van der Waals surface area contributed by atoms with Crippen molar-refractivity contribution in [2.24, 2.45) is 5.73 Å². The summed E-state index contributed by atoms with van der Waals surface area (Å²) in [5, 5.41) is 3.54. The van der Waals surface area contributed by atoms with E-state index in [1.165, 1.54) is 5.56 Å². The molecule has 114 valence electrons. The molecule has 5 nitrogen and oxygen atoms in total. The Kier molecular flexibility index (Phi) is 5.90. The quantitative estimate of drug-likeness (QED) is 0.781. The van der Waals surface area contributed by atoms with E-state index in [1.807, 2.05) is 13.0 Å². The van der Waals surface area contributed by atoms with E-state index in [9.17, 15) is 0 Å². The lowest BCUT2D eigenvalue weighted by Gasteiger charge is -2.19. The van der Waals surface area contributed by atoms with Gasteiger partial charge in [-0.3, -0.25) is 9.97 Å². The molecule has 0 spiro atoms. The van der Waals surface area contributed by atoms with Crippen molar-refractivity contribution >= 4 is 0 Å². The second kappa shape index (κ2) is 7.90. The molecule has 0 fully saturated rings. The lowest BCUT2D eigenvalue weighted by molar-refractivity contribution is 0.450. The second-order valence-electron chi connectivity index (χ2n) is 5.27. The van der Waals surface area contributed by atoms with Crippen molar-refractivity contribution < 1.29 is 4.42 Å². The summed E-state index contributed by atoms with van der Waals surface area (Å²) in [6, 6.07) is 2.19. The number of nitrogens with one attached hydrogen (secondary N) is 1. The monoisotopic (exact) mass is 288 g/mol. The van der Waals surface area contributed by atoms with Gasteiger partial charge in [-0.25, -0.2) is 0 Å². The van der Waals surface area contributed by atoms with Gasteiger partial charge in [-0.15, -0.1) is 0 Å². The Morgan fingerprint density at radius 1 is 1.29 bits per heavy atom. The minimum Gasteiger partial charge on any atom is -0.472 e. The van der Waals surface area contributed by atoms with Crippen LogP contribution in [-0.2, 0) is 0 Å². The number of rotatable bonds is 8. The first-order valence-corrected chi connectivity index (χ1v) is 7.51. The third-order valence-electron chi connectivity index (χ3n) is 3.62. The van der Waals surface area contributed by atoms with E-state index in [1.54, 1.807) is 24.9 Å². The molecule has 2 aromatic heterocycles. The first-order chi connectivity index (χ1) is 10.2. The number of hydrogen-bond donors (Lipinski definition) is 2. The average Bonchev–Trinajstić information content (AvgIpc) is 3.01. The van der Waals surface area contributed by atoms with Crippen LogP contribution in [0, 0.1) is 6.92 Å². The van der Waals surface area contributed by atoms with Crippen LogP contribution in [0.15, 0.2) is 35.4 Å². The summed E-state index contributed by atoms with van der Waals surface area (Å²) in [5.74, 6) is 0. The van der Waals surface area contributed by atoms with Gasteiger partial charge in [0.15, 0.2) is 0 Å². The predicted octanol–water partition coefficient (Wildman–Crippen LogP) is 2.90. The van der Waals surface area contributed by atoms with E-state index in [0.717, 1.165) is 37.2 Å². The van der Waals surface area contributed by atoms with E-state index in [4.69, 9.17) is 10.2 Å². The summed E-state index contributed by atoms with van der Waals surface area (Å²) >= 11 is 0. The molecule has 21 heavy (non-hydrogen) atoms. The van der Waals surface area contributed by atoms with Gasteiger partial charge in [-0.05, 0) is 38.8 Å². The maximum absolute atomic E-state index is 6.27. The number of aromatic nitrogens is 2. The molecule has 2 aromatic rings. The first kappa shape index (κ1) is 15.7. The minimum absolute atomic E-state index is 0.0865. The molecule has 2 heterocycles. The van der Waals surface area contributed by atoms with Gasteiger partial charge in [0.1, 0.15) is 0 Å². The van der Waals surface area contributed by atoms with Crippen LogP contribution in [0.4, 0.5) is 0 Å². The largest absolute Gasteiger partial charge is 0.472 e. The van der Waals surface area contributed by atoms with E-state index in [2.05, 4.69) is 22.2 Å². The van der Waals surface area contributed by atoms with Crippen molar-refractivity contribution in [2.45, 2.75) is 45.2 Å². The molecule has 0 saturated carbocycles. The molecule has 2 unspecified atom stereocenters. The molecule has 0 bridgehead atoms. The molecule has 5 heteroatoms. The zero-order chi connectivity index (χ0) is 15.1. The molecule has 0 saturated heterocycles. The van der Waals surface area contributed by atoms with E-state index >= 15 is 0 Å². The highest BCUT2D eigenvalue weighted by Crippen LogP contribution is 2.24. The number of aryl methyl sites for hydroxylation is 1. The predicted molar refractivity (Wildman–Crippen MR) is 82.7 cm³/mol. The molecule has 0 aliphatic carbocycles. The van der Waals surface area contributed by atoms with Crippen LogP contribution < -0.4 is 11.1 Å². The summed E-state index contributed by atoms with van der Waals surface area (Å²) in [6.07, 6.45) is 9.80. The highest BCUT2D eigenvalue weighted by atomic mass is 16.3. The van der Waals surface area contributed by atoms with Crippen molar-refractivity contribution in [3.05, 3.63) is 47.9 Å². The second-order valence-corrected chi connectivity index (χ2v) is 5.27. The normalized spacial score (nSPS) is 14.0. The van der Waals surface area contributed by atoms with Crippen molar-refractivity contribution in [3.63, 3.8) is 0 Å². The number of hydrogen-bond acceptors (Lipinski definition) is 5. The Morgan fingerprint density at radius 3 is 2.76 bits per heavy atom. The van der Waals surface area contributed by atoms with E-state index in [-0.39, 0.29) is 12.1 Å². The summed E-state index contributed by atoms with van der Waals surface area (Å²) in [5.41, 5.74) is 9.24. The minimum atomic E-state index is -0.0865. The molecular weight excluding hydrogens is 264 g/mol. The summed E-state index contributed by atoms with van der Waals surface area (Å²) in [6.45, 7) is 5.09. The molecule has 0 aliphatic heterocycles. The van der Waals surface area contributed by atoms with Gasteiger partial charge < -0.3 is 15.5 Å². The number of nitrogens with two attached hydrogens (primary N) is 1. The molecular formula is C16H24N4O.